The SMILES string of the molecule is COc1c(OC(C)C)cc2c(c1OC)-c1ccc(SC)c(=O)cc1C(NC(=O)c1cc(F)cc(CO[N+](=O)[O-])c1)CC2. The summed E-state index contributed by atoms with van der Waals surface area (Å²) in [6.07, 6.45) is 2.54. The molecule has 1 unspecified atom stereocenters. The van der Waals surface area contributed by atoms with E-state index < -0.39 is 29.5 Å². The van der Waals surface area contributed by atoms with Gasteiger partial charge in [-0.1, -0.05) is 6.07 Å². The standard InChI is InChI=1S/C30H31FN2O8S/c1-16(2)41-25-13-18-6-8-23(32-30(35)19-10-17(11-20(31)12-19)15-40-33(36)37)22-14-24(34)26(42-5)9-7-21(22)27(18)29(39-4)28(25)38-3/h7,9-14,16,23H,6,8,15H2,1-5H3,(H,32,35). The quantitative estimate of drug-likeness (QED) is 0.183. The molecule has 1 aliphatic rings. The molecule has 0 fully saturated rings. The number of methoxy groups -OCH3 is 2. The average Bonchev–Trinajstić information content (AvgIpc) is 3.18. The Morgan fingerprint density at radius 2 is 1.88 bits per heavy atom. The van der Waals surface area contributed by atoms with Crippen LogP contribution in [-0.4, -0.2) is 37.6 Å². The summed E-state index contributed by atoms with van der Waals surface area (Å²) >= 11 is 1.31. The van der Waals surface area contributed by atoms with E-state index in [9.17, 15) is 24.1 Å². The highest BCUT2D eigenvalue weighted by atomic mass is 32.2. The molecule has 0 heterocycles. The first kappa shape index (κ1) is 30.6. The molecule has 4 rings (SSSR count). The molecule has 1 atom stereocenters. The lowest BCUT2D eigenvalue weighted by Gasteiger charge is -2.21. The zero-order valence-electron chi connectivity index (χ0n) is 23.8. The van der Waals surface area contributed by atoms with E-state index in [1.165, 1.54) is 38.1 Å². The van der Waals surface area contributed by atoms with Crippen LogP contribution in [0.3, 0.4) is 0 Å². The lowest BCUT2D eigenvalue weighted by molar-refractivity contribution is -0.763. The molecule has 1 N–H and O–H groups in total. The molecule has 1 amide bonds. The third-order valence-corrected chi connectivity index (χ3v) is 7.50. The van der Waals surface area contributed by atoms with Crippen LogP contribution in [0.4, 0.5) is 4.39 Å². The van der Waals surface area contributed by atoms with Crippen molar-refractivity contribution in [1.82, 2.24) is 5.32 Å². The summed E-state index contributed by atoms with van der Waals surface area (Å²) in [7, 11) is 3.05. The van der Waals surface area contributed by atoms with Crippen LogP contribution < -0.4 is 25.0 Å². The summed E-state index contributed by atoms with van der Waals surface area (Å²) in [5, 5.41) is 12.6. The first-order valence-electron chi connectivity index (χ1n) is 13.1. The number of aryl methyl sites for hydroxylation is 1. The van der Waals surface area contributed by atoms with E-state index in [0.29, 0.717) is 51.7 Å². The molecule has 1 aliphatic carbocycles. The van der Waals surface area contributed by atoms with Gasteiger partial charge in [0.05, 0.1) is 31.3 Å². The normalized spacial score (nSPS) is 13.8. The predicted molar refractivity (Wildman–Crippen MR) is 156 cm³/mol. The molecular formula is C30H31FN2O8S. The molecule has 3 aromatic rings. The molecular weight excluding hydrogens is 567 g/mol. The van der Waals surface area contributed by atoms with Crippen LogP contribution in [0, 0.1) is 15.9 Å². The number of ether oxygens (including phenoxy) is 3. The van der Waals surface area contributed by atoms with Crippen molar-refractivity contribution >= 4 is 17.7 Å². The minimum absolute atomic E-state index is 0.0421. The number of rotatable bonds is 10. The van der Waals surface area contributed by atoms with Crippen molar-refractivity contribution in [3.8, 4) is 28.4 Å². The third-order valence-electron chi connectivity index (χ3n) is 6.72. The summed E-state index contributed by atoms with van der Waals surface area (Å²) in [6, 6.07) is 9.73. The van der Waals surface area contributed by atoms with Gasteiger partial charge in [0.15, 0.2) is 16.9 Å². The highest BCUT2D eigenvalue weighted by Crippen LogP contribution is 2.50. The molecule has 10 nitrogen and oxygen atoms in total. The van der Waals surface area contributed by atoms with Gasteiger partial charge in [-0.2, -0.15) is 0 Å². The molecule has 0 aliphatic heterocycles. The van der Waals surface area contributed by atoms with Gasteiger partial charge in [0, 0.05) is 11.1 Å². The van der Waals surface area contributed by atoms with Crippen LogP contribution in [0.2, 0.25) is 0 Å². The molecule has 0 bridgehead atoms. The van der Waals surface area contributed by atoms with Gasteiger partial charge in [0.25, 0.3) is 11.0 Å². The van der Waals surface area contributed by atoms with Gasteiger partial charge in [-0.15, -0.1) is 21.9 Å². The van der Waals surface area contributed by atoms with Crippen molar-refractivity contribution < 1.29 is 33.3 Å². The van der Waals surface area contributed by atoms with Crippen molar-refractivity contribution in [3.05, 3.63) is 90.9 Å². The number of amides is 1. The Morgan fingerprint density at radius 1 is 1.14 bits per heavy atom. The van der Waals surface area contributed by atoms with Crippen LogP contribution in [0.15, 0.2) is 52.2 Å². The van der Waals surface area contributed by atoms with E-state index in [1.54, 1.807) is 12.3 Å². The monoisotopic (exact) mass is 598 g/mol. The second kappa shape index (κ2) is 13.1. The Morgan fingerprint density at radius 3 is 2.52 bits per heavy atom. The summed E-state index contributed by atoms with van der Waals surface area (Å²) in [6.45, 7) is 3.29. The minimum atomic E-state index is -0.991. The van der Waals surface area contributed by atoms with E-state index in [2.05, 4.69) is 10.2 Å². The first-order chi connectivity index (χ1) is 20.1. The van der Waals surface area contributed by atoms with Crippen molar-refractivity contribution in [2.45, 2.75) is 50.3 Å². The predicted octanol–water partition coefficient (Wildman–Crippen LogP) is 5.50. The maximum Gasteiger partial charge on any atom is 0.294 e. The average molecular weight is 599 g/mol. The largest absolute Gasteiger partial charge is 0.492 e. The molecule has 0 aromatic heterocycles. The van der Waals surface area contributed by atoms with E-state index in [1.807, 2.05) is 26.0 Å². The van der Waals surface area contributed by atoms with Gasteiger partial charge in [0.1, 0.15) is 12.4 Å². The zero-order chi connectivity index (χ0) is 30.6. The van der Waals surface area contributed by atoms with Crippen LogP contribution >= 0.6 is 11.8 Å². The van der Waals surface area contributed by atoms with Gasteiger partial charge < -0.3 is 24.4 Å². The van der Waals surface area contributed by atoms with Crippen molar-refractivity contribution in [2.75, 3.05) is 20.5 Å². The Bertz CT molecular complexity index is 1580. The molecule has 12 heteroatoms. The summed E-state index contributed by atoms with van der Waals surface area (Å²) in [5.41, 5.74) is 2.66. The highest BCUT2D eigenvalue weighted by molar-refractivity contribution is 7.98. The molecule has 0 saturated carbocycles. The van der Waals surface area contributed by atoms with Gasteiger partial charge in [-0.3, -0.25) is 9.59 Å². The Hall–Kier alpha value is -4.32. The summed E-state index contributed by atoms with van der Waals surface area (Å²) < 4.78 is 32.0. The van der Waals surface area contributed by atoms with Gasteiger partial charge in [-0.05, 0) is 91.6 Å². The molecule has 3 aromatic carbocycles. The number of carbonyl (C=O) groups excluding carboxylic acids is 1. The molecule has 42 heavy (non-hydrogen) atoms. The van der Waals surface area contributed by atoms with Crippen molar-refractivity contribution in [3.63, 3.8) is 0 Å². The van der Waals surface area contributed by atoms with Crippen LogP contribution in [-0.2, 0) is 17.9 Å². The summed E-state index contributed by atoms with van der Waals surface area (Å²) in [5.74, 6) is -0.0156. The number of nitrogens with zero attached hydrogens (tertiary/aromatic N) is 1. The summed E-state index contributed by atoms with van der Waals surface area (Å²) in [4.78, 5) is 42.1. The van der Waals surface area contributed by atoms with Crippen molar-refractivity contribution in [1.29, 1.82) is 0 Å². The number of nitrogens with one attached hydrogen (secondary N) is 1. The van der Waals surface area contributed by atoms with E-state index in [0.717, 1.165) is 17.7 Å². The maximum absolute atomic E-state index is 14.4. The Kier molecular flexibility index (Phi) is 9.56. The number of hydrogen-bond acceptors (Lipinski definition) is 9. The number of thioether (sulfide) groups is 1. The minimum Gasteiger partial charge on any atom is -0.492 e. The Balaban J connectivity index is 1.85. The second-order valence-electron chi connectivity index (χ2n) is 9.83. The lowest BCUT2D eigenvalue weighted by Crippen LogP contribution is -2.29. The number of halogens is 1. The molecule has 0 saturated heterocycles. The van der Waals surface area contributed by atoms with Gasteiger partial charge in [0.2, 0.25) is 5.75 Å². The molecule has 222 valence electrons. The van der Waals surface area contributed by atoms with Gasteiger partial charge in [-0.25, -0.2) is 4.39 Å². The fourth-order valence-electron chi connectivity index (χ4n) is 5.04. The Labute approximate surface area is 246 Å². The molecule has 0 spiro atoms. The zero-order valence-corrected chi connectivity index (χ0v) is 24.6. The number of hydrogen-bond donors (Lipinski definition) is 1. The number of fused-ring (bicyclic) bond motifs is 3. The van der Waals surface area contributed by atoms with Crippen molar-refractivity contribution in [2.24, 2.45) is 0 Å². The number of benzene rings is 2. The molecule has 0 radical (unpaired) electrons. The first-order valence-corrected chi connectivity index (χ1v) is 14.3. The smallest absolute Gasteiger partial charge is 0.294 e. The van der Waals surface area contributed by atoms with E-state index >= 15 is 0 Å². The highest BCUT2D eigenvalue weighted by Gasteiger charge is 2.30. The van der Waals surface area contributed by atoms with E-state index in [-0.39, 0.29) is 22.7 Å². The maximum atomic E-state index is 14.4. The topological polar surface area (TPSA) is 126 Å². The van der Waals surface area contributed by atoms with E-state index in [4.69, 9.17) is 14.2 Å². The lowest BCUT2D eigenvalue weighted by atomic mass is 9.95. The number of carbonyl (C=O) groups is 1. The van der Waals surface area contributed by atoms with Crippen LogP contribution in [0.25, 0.3) is 11.1 Å². The van der Waals surface area contributed by atoms with Crippen LogP contribution in [0.5, 0.6) is 17.2 Å². The van der Waals surface area contributed by atoms with Gasteiger partial charge >= 0.3 is 0 Å². The fourth-order valence-corrected chi connectivity index (χ4v) is 5.50. The fraction of sp³-hybridized carbons (Fsp3) is 0.333. The second-order valence-corrected chi connectivity index (χ2v) is 10.7. The van der Waals surface area contributed by atoms with Crippen LogP contribution in [0.1, 0.15) is 53.4 Å². The third kappa shape index (κ3) is 6.59.